The number of amides is 3. The largest absolute Gasteiger partial charge is 0.494 e. The van der Waals surface area contributed by atoms with Gasteiger partial charge in [0.15, 0.2) is 11.5 Å². The number of methoxy groups -OCH3 is 2. The number of carbonyl (C=O) groups is 3. The maximum absolute atomic E-state index is 14.4. The molecule has 2 saturated heterocycles. The third kappa shape index (κ3) is 5.65. The molecule has 2 aromatic rings. The number of carbonyl (C=O) groups excluding carboxylic acids is 3. The van der Waals surface area contributed by atoms with Crippen molar-refractivity contribution in [1.29, 1.82) is 0 Å². The van der Waals surface area contributed by atoms with Crippen molar-refractivity contribution in [3.8, 4) is 17.2 Å². The highest BCUT2D eigenvalue weighted by Crippen LogP contribution is 2.55. The van der Waals surface area contributed by atoms with Crippen molar-refractivity contribution in [1.82, 2.24) is 10.2 Å². The molecule has 10 heteroatoms. The third-order valence-corrected chi connectivity index (χ3v) is 9.89. The summed E-state index contributed by atoms with van der Waals surface area (Å²) in [5, 5.41) is 6.26. The van der Waals surface area contributed by atoms with Crippen LogP contribution in [0.2, 0.25) is 0 Å². The molecule has 3 aliphatic heterocycles. The molecule has 7 unspecified atom stereocenters. The van der Waals surface area contributed by atoms with Gasteiger partial charge in [-0.25, -0.2) is 0 Å². The smallest absolute Gasteiger partial charge is 0.246 e. The van der Waals surface area contributed by atoms with E-state index in [1.165, 1.54) is 0 Å². The molecule has 10 nitrogen and oxygen atoms in total. The average Bonchev–Trinajstić information content (AvgIpc) is 3.69. The maximum atomic E-state index is 14.4. The Morgan fingerprint density at radius 1 is 1.02 bits per heavy atom. The highest BCUT2D eigenvalue weighted by molar-refractivity contribution is 6.02. The van der Waals surface area contributed by atoms with Crippen molar-refractivity contribution in [2.45, 2.75) is 69.7 Å². The van der Waals surface area contributed by atoms with Crippen LogP contribution in [0.15, 0.2) is 54.6 Å². The van der Waals surface area contributed by atoms with Gasteiger partial charge in [0.25, 0.3) is 0 Å². The normalized spacial score (nSPS) is 29.8. The first kappa shape index (κ1) is 31.0. The summed E-state index contributed by atoms with van der Waals surface area (Å²) in [4.78, 5) is 44.0. The van der Waals surface area contributed by atoms with Crippen molar-refractivity contribution < 1.29 is 33.3 Å². The molecule has 2 bridgehead atoms. The Kier molecular flexibility index (Phi) is 8.77. The van der Waals surface area contributed by atoms with Crippen LogP contribution in [-0.4, -0.2) is 73.8 Å². The Bertz CT molecular complexity index is 1460. The summed E-state index contributed by atoms with van der Waals surface area (Å²) in [6, 6.07) is 11.9. The number of rotatable bonds is 11. The zero-order chi connectivity index (χ0) is 31.7. The Morgan fingerprint density at radius 3 is 2.49 bits per heavy atom. The second-order valence-corrected chi connectivity index (χ2v) is 12.5. The minimum Gasteiger partial charge on any atom is -0.494 e. The molecular formula is C35H43N3O7. The number of nitrogens with zero attached hydrogens (tertiary/aromatic N) is 1. The number of fused-ring (bicyclic) bond motifs is 1. The van der Waals surface area contributed by atoms with E-state index >= 15 is 0 Å². The van der Waals surface area contributed by atoms with Gasteiger partial charge in [-0.15, -0.1) is 0 Å². The molecule has 1 spiro atoms. The number of ether oxygens (including phenoxy) is 4. The predicted molar refractivity (Wildman–Crippen MR) is 168 cm³/mol. The summed E-state index contributed by atoms with van der Waals surface area (Å²) in [6.45, 7) is 4.90. The fourth-order valence-electron chi connectivity index (χ4n) is 7.61. The van der Waals surface area contributed by atoms with Crippen LogP contribution in [0.25, 0.3) is 0 Å². The van der Waals surface area contributed by atoms with E-state index in [0.29, 0.717) is 41.9 Å². The number of benzene rings is 2. The number of anilines is 1. The number of nitrogens with one attached hydrogen (secondary N) is 2. The fourth-order valence-corrected chi connectivity index (χ4v) is 7.61. The van der Waals surface area contributed by atoms with Crippen molar-refractivity contribution in [2.75, 3.05) is 32.7 Å². The van der Waals surface area contributed by atoms with Crippen LogP contribution >= 0.6 is 0 Å². The first-order valence-electron chi connectivity index (χ1n) is 16.0. The van der Waals surface area contributed by atoms with Crippen LogP contribution in [-0.2, 0) is 25.5 Å². The first-order valence-corrected chi connectivity index (χ1v) is 16.0. The van der Waals surface area contributed by atoms with E-state index in [0.717, 1.165) is 31.2 Å². The summed E-state index contributed by atoms with van der Waals surface area (Å²) < 4.78 is 22.9. The van der Waals surface area contributed by atoms with Crippen LogP contribution in [0.5, 0.6) is 17.2 Å². The highest BCUT2D eigenvalue weighted by atomic mass is 16.5. The predicted octanol–water partition coefficient (Wildman–Crippen LogP) is 4.13. The molecule has 4 aliphatic rings. The Labute approximate surface area is 264 Å². The molecule has 3 fully saturated rings. The SMILES string of the molecule is CCOc1ccc(NC(=O)C2C3C=CC4(O3)C2C(=O)N(CCc2ccc(OC)c(OC)c2)C4C(=O)NC2CCCCC2C)cc1. The van der Waals surface area contributed by atoms with Crippen LogP contribution in [0.1, 0.15) is 45.1 Å². The standard InChI is InChI=1S/C35H43N3O7/c1-5-44-24-13-11-23(12-14-24)36-32(39)29-27-16-18-35(45-27)30(29)34(41)38(19-17-22-10-15-26(42-3)28(20-22)43-4)31(35)33(40)37-25-9-7-6-8-21(25)2/h10-16,18,20-21,25,27,29-31H,5-9,17,19H2,1-4H3,(H,36,39)(H,37,40). The van der Waals surface area contributed by atoms with E-state index in [-0.39, 0.29) is 30.3 Å². The Hall–Kier alpha value is -4.05. The minimum atomic E-state index is -1.22. The summed E-state index contributed by atoms with van der Waals surface area (Å²) in [5.41, 5.74) is 0.309. The van der Waals surface area contributed by atoms with Crippen molar-refractivity contribution in [2.24, 2.45) is 17.8 Å². The second-order valence-electron chi connectivity index (χ2n) is 12.5. The van der Waals surface area contributed by atoms with Crippen LogP contribution in [0.4, 0.5) is 5.69 Å². The molecular weight excluding hydrogens is 574 g/mol. The third-order valence-electron chi connectivity index (χ3n) is 9.89. The van der Waals surface area contributed by atoms with Gasteiger partial charge in [-0.3, -0.25) is 14.4 Å². The van der Waals surface area contributed by atoms with Gasteiger partial charge < -0.3 is 34.5 Å². The van der Waals surface area contributed by atoms with E-state index in [9.17, 15) is 14.4 Å². The number of hydrogen-bond acceptors (Lipinski definition) is 7. The molecule has 6 rings (SSSR count). The van der Waals surface area contributed by atoms with Gasteiger partial charge in [0.1, 0.15) is 17.4 Å². The van der Waals surface area contributed by atoms with Gasteiger partial charge in [-0.1, -0.05) is 38.0 Å². The quantitative estimate of drug-likeness (QED) is 0.365. The molecule has 45 heavy (non-hydrogen) atoms. The van der Waals surface area contributed by atoms with E-state index in [1.807, 2.05) is 37.3 Å². The van der Waals surface area contributed by atoms with Crippen LogP contribution in [0, 0.1) is 17.8 Å². The zero-order valence-corrected chi connectivity index (χ0v) is 26.4. The van der Waals surface area contributed by atoms with Crippen molar-refractivity contribution >= 4 is 23.4 Å². The van der Waals surface area contributed by atoms with E-state index in [4.69, 9.17) is 18.9 Å². The molecule has 2 N–H and O–H groups in total. The molecule has 2 aromatic carbocycles. The van der Waals surface area contributed by atoms with Crippen LogP contribution in [0.3, 0.4) is 0 Å². The lowest BCUT2D eigenvalue weighted by atomic mass is 9.74. The summed E-state index contributed by atoms with van der Waals surface area (Å²) in [5.74, 6) is -0.117. The van der Waals surface area contributed by atoms with E-state index in [1.54, 1.807) is 43.4 Å². The van der Waals surface area contributed by atoms with Gasteiger partial charge >= 0.3 is 0 Å². The molecule has 1 aliphatic carbocycles. The average molecular weight is 618 g/mol. The monoisotopic (exact) mass is 617 g/mol. The highest BCUT2D eigenvalue weighted by Gasteiger charge is 2.72. The summed E-state index contributed by atoms with van der Waals surface area (Å²) >= 11 is 0. The lowest BCUT2D eigenvalue weighted by Gasteiger charge is -2.36. The van der Waals surface area contributed by atoms with Gasteiger partial charge in [0, 0.05) is 18.3 Å². The van der Waals surface area contributed by atoms with Crippen molar-refractivity contribution in [3.63, 3.8) is 0 Å². The van der Waals surface area contributed by atoms with Gasteiger partial charge in [0.2, 0.25) is 17.7 Å². The Morgan fingerprint density at radius 2 is 1.78 bits per heavy atom. The molecule has 0 radical (unpaired) electrons. The lowest BCUT2D eigenvalue weighted by molar-refractivity contribution is -0.141. The lowest BCUT2D eigenvalue weighted by Crippen LogP contribution is -2.57. The minimum absolute atomic E-state index is 0.0332. The molecule has 3 amide bonds. The van der Waals surface area contributed by atoms with Crippen LogP contribution < -0.4 is 24.8 Å². The Balaban J connectivity index is 1.27. The number of hydrogen-bond donors (Lipinski definition) is 2. The fraction of sp³-hybridized carbons (Fsp3) is 0.514. The zero-order valence-electron chi connectivity index (χ0n) is 26.4. The molecule has 7 atom stereocenters. The second kappa shape index (κ2) is 12.7. The van der Waals surface area contributed by atoms with Crippen molar-refractivity contribution in [3.05, 3.63) is 60.2 Å². The van der Waals surface area contributed by atoms with E-state index in [2.05, 4.69) is 17.6 Å². The molecule has 1 saturated carbocycles. The first-order chi connectivity index (χ1) is 21.8. The van der Waals surface area contributed by atoms with Gasteiger partial charge in [-0.2, -0.15) is 0 Å². The topological polar surface area (TPSA) is 115 Å². The van der Waals surface area contributed by atoms with Gasteiger partial charge in [0.05, 0.1) is 38.8 Å². The maximum Gasteiger partial charge on any atom is 0.246 e. The molecule has 3 heterocycles. The summed E-state index contributed by atoms with van der Waals surface area (Å²) in [7, 11) is 3.16. The summed E-state index contributed by atoms with van der Waals surface area (Å²) in [6.07, 6.45) is 7.74. The molecule has 0 aromatic heterocycles. The molecule has 240 valence electrons. The van der Waals surface area contributed by atoms with E-state index < -0.39 is 29.6 Å². The number of likely N-dealkylation sites (tertiary alicyclic amines) is 1. The van der Waals surface area contributed by atoms with Gasteiger partial charge in [-0.05, 0) is 74.1 Å².